The maximum atomic E-state index is 10.9. The Morgan fingerprint density at radius 2 is 1.81 bits per heavy atom. The van der Waals surface area contributed by atoms with Crippen LogP contribution in [0.25, 0.3) is 0 Å². The van der Waals surface area contributed by atoms with E-state index in [9.17, 15) is 8.42 Å². The van der Waals surface area contributed by atoms with Crippen LogP contribution < -0.4 is 9.50 Å². The Morgan fingerprint density at radius 3 is 2.25 bits per heavy atom. The van der Waals surface area contributed by atoms with Crippen molar-refractivity contribution in [3.05, 3.63) is 29.8 Å². The van der Waals surface area contributed by atoms with E-state index in [4.69, 9.17) is 4.18 Å². The van der Waals surface area contributed by atoms with Crippen LogP contribution >= 0.6 is 0 Å². The maximum absolute atomic E-state index is 10.9. The van der Waals surface area contributed by atoms with Gasteiger partial charge in [0, 0.05) is 5.56 Å². The molecule has 0 aromatic heterocycles. The van der Waals surface area contributed by atoms with Gasteiger partial charge in [-0.3, -0.25) is 0 Å². The van der Waals surface area contributed by atoms with Crippen molar-refractivity contribution in [2.45, 2.75) is 26.4 Å². The van der Waals surface area contributed by atoms with Gasteiger partial charge in [0.25, 0.3) is 0 Å². The molecule has 5 heteroatoms. The van der Waals surface area contributed by atoms with Crippen LogP contribution in [0, 0.1) is 0 Å². The number of benzene rings is 1. The van der Waals surface area contributed by atoms with Gasteiger partial charge in [-0.1, -0.05) is 0 Å². The summed E-state index contributed by atoms with van der Waals surface area (Å²) in [5.74, 6) is 0.357. The topological polar surface area (TPSA) is 60.0 Å². The second-order valence-electron chi connectivity index (χ2n) is 4.12. The molecule has 0 aliphatic carbocycles. The molecule has 0 amide bonds. The van der Waals surface area contributed by atoms with Crippen molar-refractivity contribution in [2.24, 2.45) is 0 Å². The fraction of sp³-hybridized carbons (Fsp3) is 0.455. The second-order valence-corrected chi connectivity index (χ2v) is 5.69. The molecule has 0 bridgehead atoms. The van der Waals surface area contributed by atoms with Gasteiger partial charge in [-0.15, -0.1) is 0 Å². The molecule has 0 spiro atoms. The van der Waals surface area contributed by atoms with Crippen LogP contribution in [-0.2, 0) is 16.7 Å². The highest BCUT2D eigenvalue weighted by atomic mass is 32.2. The molecule has 0 saturated carbocycles. The molecule has 16 heavy (non-hydrogen) atoms. The van der Waals surface area contributed by atoms with E-state index in [0.717, 1.165) is 18.4 Å². The van der Waals surface area contributed by atoms with Gasteiger partial charge in [0.2, 0.25) is 0 Å². The Balaban J connectivity index is 2.61. The van der Waals surface area contributed by atoms with Gasteiger partial charge >= 0.3 is 10.1 Å². The SMILES string of the molecule is CC(C)[NH2+]Cc1ccc(OS(C)(=O)=O)cc1. The van der Waals surface area contributed by atoms with Gasteiger partial charge in [0.15, 0.2) is 0 Å². The summed E-state index contributed by atoms with van der Waals surface area (Å²) in [7, 11) is -3.42. The number of hydrogen-bond donors (Lipinski definition) is 1. The predicted molar refractivity (Wildman–Crippen MR) is 62.7 cm³/mol. The second kappa shape index (κ2) is 5.32. The van der Waals surface area contributed by atoms with E-state index in [1.165, 1.54) is 0 Å². The lowest BCUT2D eigenvalue weighted by atomic mass is 10.2. The summed E-state index contributed by atoms with van der Waals surface area (Å²) in [6.07, 6.45) is 1.04. The van der Waals surface area contributed by atoms with Crippen LogP contribution in [0.3, 0.4) is 0 Å². The summed E-state index contributed by atoms with van der Waals surface area (Å²) in [6.45, 7) is 5.14. The highest BCUT2D eigenvalue weighted by molar-refractivity contribution is 7.86. The van der Waals surface area contributed by atoms with Crippen LogP contribution in [0.15, 0.2) is 24.3 Å². The average Bonchev–Trinajstić information content (AvgIpc) is 2.14. The van der Waals surface area contributed by atoms with E-state index < -0.39 is 10.1 Å². The molecule has 0 heterocycles. The normalized spacial score (nSPS) is 11.8. The first kappa shape index (κ1) is 13.0. The largest absolute Gasteiger partial charge is 0.383 e. The first-order valence-electron chi connectivity index (χ1n) is 5.18. The molecule has 0 aliphatic heterocycles. The van der Waals surface area contributed by atoms with Crippen LogP contribution in [0.4, 0.5) is 0 Å². The van der Waals surface area contributed by atoms with Crippen LogP contribution in [-0.4, -0.2) is 20.7 Å². The van der Waals surface area contributed by atoms with E-state index in [2.05, 4.69) is 19.2 Å². The smallest absolute Gasteiger partial charge is 0.306 e. The Bertz CT molecular complexity index is 423. The molecule has 0 radical (unpaired) electrons. The number of nitrogens with two attached hydrogens (primary N) is 1. The quantitative estimate of drug-likeness (QED) is 0.767. The fourth-order valence-electron chi connectivity index (χ4n) is 1.23. The molecule has 0 aliphatic rings. The lowest BCUT2D eigenvalue weighted by Gasteiger charge is -2.06. The Kier molecular flexibility index (Phi) is 4.32. The molecule has 4 nitrogen and oxygen atoms in total. The zero-order valence-electron chi connectivity index (χ0n) is 9.80. The molecule has 1 rings (SSSR count). The van der Waals surface area contributed by atoms with Gasteiger partial charge in [-0.2, -0.15) is 8.42 Å². The number of quaternary nitrogens is 1. The highest BCUT2D eigenvalue weighted by Gasteiger charge is 2.04. The summed E-state index contributed by atoms with van der Waals surface area (Å²) in [4.78, 5) is 0. The molecular formula is C11H18NO3S+. The van der Waals surface area contributed by atoms with Crippen LogP contribution in [0.1, 0.15) is 19.4 Å². The van der Waals surface area contributed by atoms with Crippen molar-refractivity contribution >= 4 is 10.1 Å². The predicted octanol–water partition coefficient (Wildman–Crippen LogP) is 0.497. The molecule has 0 saturated heterocycles. The van der Waals surface area contributed by atoms with E-state index in [-0.39, 0.29) is 0 Å². The minimum absolute atomic E-state index is 0.357. The first-order valence-corrected chi connectivity index (χ1v) is 7.00. The third-order valence-electron chi connectivity index (χ3n) is 2.00. The van der Waals surface area contributed by atoms with Crippen LogP contribution in [0.5, 0.6) is 5.75 Å². The molecule has 90 valence electrons. The monoisotopic (exact) mass is 244 g/mol. The van der Waals surface area contributed by atoms with Gasteiger partial charge in [-0.05, 0) is 38.1 Å². The maximum Gasteiger partial charge on any atom is 0.306 e. The summed E-state index contributed by atoms with van der Waals surface area (Å²) in [6, 6.07) is 7.64. The third-order valence-corrected chi connectivity index (χ3v) is 2.49. The number of rotatable bonds is 5. The van der Waals surface area contributed by atoms with Gasteiger partial charge in [-0.25, -0.2) is 0 Å². The summed E-state index contributed by atoms with van der Waals surface area (Å²) in [5, 5.41) is 2.20. The van der Waals surface area contributed by atoms with Crippen molar-refractivity contribution in [1.82, 2.24) is 0 Å². The molecule has 0 atom stereocenters. The van der Waals surface area contributed by atoms with E-state index >= 15 is 0 Å². The molecule has 2 N–H and O–H groups in total. The van der Waals surface area contributed by atoms with Crippen molar-refractivity contribution < 1.29 is 17.9 Å². The minimum Gasteiger partial charge on any atom is -0.383 e. The Hall–Kier alpha value is -1.07. The zero-order valence-corrected chi connectivity index (χ0v) is 10.6. The van der Waals surface area contributed by atoms with Crippen molar-refractivity contribution in [3.63, 3.8) is 0 Å². The lowest BCUT2D eigenvalue weighted by Crippen LogP contribution is -2.86. The molecule has 0 unspecified atom stereocenters. The Labute approximate surface area is 96.8 Å². The summed E-state index contributed by atoms with van der Waals surface area (Å²) in [5.41, 5.74) is 1.15. The fourth-order valence-corrected chi connectivity index (χ4v) is 1.69. The standard InChI is InChI=1S/C11H17NO3S/c1-9(2)12-8-10-4-6-11(7-5-10)15-16(3,13)14/h4-7,9,12H,8H2,1-3H3/p+1. The first-order chi connectivity index (χ1) is 7.37. The van der Waals surface area contributed by atoms with Gasteiger partial charge in [0.1, 0.15) is 12.3 Å². The third kappa shape index (κ3) is 5.14. The zero-order chi connectivity index (χ0) is 12.2. The van der Waals surface area contributed by atoms with Crippen LogP contribution in [0.2, 0.25) is 0 Å². The molecule has 1 aromatic rings. The van der Waals surface area contributed by atoms with Crippen molar-refractivity contribution in [3.8, 4) is 5.75 Å². The molecule has 1 aromatic carbocycles. The van der Waals surface area contributed by atoms with E-state index in [0.29, 0.717) is 11.8 Å². The Morgan fingerprint density at radius 1 is 1.25 bits per heavy atom. The minimum atomic E-state index is -3.42. The average molecular weight is 244 g/mol. The van der Waals surface area contributed by atoms with Gasteiger partial charge < -0.3 is 9.50 Å². The molecular weight excluding hydrogens is 226 g/mol. The van der Waals surface area contributed by atoms with E-state index in [1.807, 2.05) is 12.1 Å². The summed E-state index contributed by atoms with van der Waals surface area (Å²) < 4.78 is 26.5. The molecule has 0 fully saturated rings. The lowest BCUT2D eigenvalue weighted by molar-refractivity contribution is -0.698. The number of hydrogen-bond acceptors (Lipinski definition) is 3. The van der Waals surface area contributed by atoms with Crippen molar-refractivity contribution in [2.75, 3.05) is 6.26 Å². The van der Waals surface area contributed by atoms with Crippen molar-refractivity contribution in [1.29, 1.82) is 0 Å². The van der Waals surface area contributed by atoms with Gasteiger partial charge in [0.05, 0.1) is 12.3 Å². The summed E-state index contributed by atoms with van der Waals surface area (Å²) >= 11 is 0. The van der Waals surface area contributed by atoms with E-state index in [1.54, 1.807) is 12.1 Å². The highest BCUT2D eigenvalue weighted by Crippen LogP contribution is 2.13.